The molecule has 3 heteroatoms. The van der Waals surface area contributed by atoms with Gasteiger partial charge in [0, 0.05) is 21.7 Å². The van der Waals surface area contributed by atoms with E-state index in [0.29, 0.717) is 0 Å². The number of benzene rings is 2. The number of hydrogen-bond acceptors (Lipinski definition) is 0. The average molecular weight is 361 g/mol. The standard InChI is InChI=1S/C18H15BrN.ClH/c19-18-10-8-15(9-11-18)13-20-12-4-7-17(14-20)16-5-2-1-3-6-16;/h1-12,14H,13H2;1H/q+1;/p-1. The van der Waals surface area contributed by atoms with Gasteiger partial charge in [-0.1, -0.05) is 58.4 Å². The summed E-state index contributed by atoms with van der Waals surface area (Å²) in [6.07, 6.45) is 4.30. The molecule has 0 atom stereocenters. The van der Waals surface area contributed by atoms with Crippen molar-refractivity contribution in [1.29, 1.82) is 0 Å². The van der Waals surface area contributed by atoms with Crippen LogP contribution in [0, 0.1) is 0 Å². The second-order valence-corrected chi connectivity index (χ2v) is 5.67. The maximum Gasteiger partial charge on any atom is 0.176 e. The summed E-state index contributed by atoms with van der Waals surface area (Å²) >= 11 is 3.47. The van der Waals surface area contributed by atoms with Gasteiger partial charge in [0.2, 0.25) is 0 Å². The Morgan fingerprint density at radius 2 is 1.43 bits per heavy atom. The lowest BCUT2D eigenvalue weighted by Crippen LogP contribution is -3.00. The van der Waals surface area contributed by atoms with Crippen molar-refractivity contribution < 1.29 is 17.0 Å². The molecule has 106 valence electrons. The van der Waals surface area contributed by atoms with E-state index in [1.165, 1.54) is 16.7 Å². The highest BCUT2D eigenvalue weighted by Gasteiger charge is 2.05. The van der Waals surface area contributed by atoms with Gasteiger partial charge in [0.05, 0.1) is 0 Å². The van der Waals surface area contributed by atoms with Crippen LogP contribution in [-0.2, 0) is 6.54 Å². The van der Waals surface area contributed by atoms with E-state index < -0.39 is 0 Å². The van der Waals surface area contributed by atoms with Gasteiger partial charge in [0.15, 0.2) is 18.9 Å². The van der Waals surface area contributed by atoms with Gasteiger partial charge in [-0.15, -0.1) is 0 Å². The number of hydrogen-bond donors (Lipinski definition) is 0. The lowest BCUT2D eigenvalue weighted by Gasteiger charge is -2.02. The molecule has 0 aliphatic carbocycles. The molecular formula is C18H15BrClN. The fraction of sp³-hybridized carbons (Fsp3) is 0.0556. The van der Waals surface area contributed by atoms with Crippen LogP contribution in [0.2, 0.25) is 0 Å². The van der Waals surface area contributed by atoms with Gasteiger partial charge >= 0.3 is 0 Å². The van der Waals surface area contributed by atoms with Crippen molar-refractivity contribution in [3.8, 4) is 11.1 Å². The van der Waals surface area contributed by atoms with E-state index in [0.717, 1.165) is 11.0 Å². The number of aromatic nitrogens is 1. The zero-order valence-electron chi connectivity index (χ0n) is 11.4. The molecular weight excluding hydrogens is 346 g/mol. The fourth-order valence-corrected chi connectivity index (χ4v) is 2.49. The Hall–Kier alpha value is -1.64. The molecule has 0 aliphatic heterocycles. The predicted octanol–water partition coefficient (Wildman–Crippen LogP) is 1.46. The fourth-order valence-electron chi connectivity index (χ4n) is 2.22. The van der Waals surface area contributed by atoms with Gasteiger partial charge in [-0.25, -0.2) is 4.57 Å². The molecule has 0 saturated heterocycles. The largest absolute Gasteiger partial charge is 1.00 e. The van der Waals surface area contributed by atoms with Gasteiger partial charge < -0.3 is 12.4 Å². The quantitative estimate of drug-likeness (QED) is 0.623. The minimum absolute atomic E-state index is 0. The number of halogens is 2. The highest BCUT2D eigenvalue weighted by Crippen LogP contribution is 2.16. The van der Waals surface area contributed by atoms with Crippen LogP contribution in [0.4, 0.5) is 0 Å². The van der Waals surface area contributed by atoms with Crippen molar-refractivity contribution in [1.82, 2.24) is 0 Å². The van der Waals surface area contributed by atoms with Gasteiger partial charge in [-0.3, -0.25) is 0 Å². The number of pyridine rings is 1. The first-order valence-electron chi connectivity index (χ1n) is 6.60. The molecule has 0 bridgehead atoms. The molecule has 1 heterocycles. The minimum atomic E-state index is 0. The van der Waals surface area contributed by atoms with E-state index in [-0.39, 0.29) is 12.4 Å². The SMILES string of the molecule is Brc1ccc(C[n+]2cccc(-c3ccccc3)c2)cc1.[Cl-]. The molecule has 1 nitrogen and oxygen atoms in total. The van der Waals surface area contributed by atoms with E-state index in [2.05, 4.69) is 93.6 Å². The van der Waals surface area contributed by atoms with Crippen LogP contribution in [-0.4, -0.2) is 0 Å². The van der Waals surface area contributed by atoms with E-state index in [1.807, 2.05) is 6.07 Å². The van der Waals surface area contributed by atoms with Crippen LogP contribution in [0.3, 0.4) is 0 Å². The summed E-state index contributed by atoms with van der Waals surface area (Å²) in [5.41, 5.74) is 3.78. The molecule has 0 unspecified atom stereocenters. The first-order chi connectivity index (χ1) is 9.81. The van der Waals surface area contributed by atoms with E-state index in [4.69, 9.17) is 0 Å². The van der Waals surface area contributed by atoms with Gasteiger partial charge in [0.1, 0.15) is 0 Å². The van der Waals surface area contributed by atoms with Crippen molar-refractivity contribution in [2.75, 3.05) is 0 Å². The van der Waals surface area contributed by atoms with Crippen molar-refractivity contribution in [3.63, 3.8) is 0 Å². The van der Waals surface area contributed by atoms with Crippen LogP contribution < -0.4 is 17.0 Å². The molecule has 0 spiro atoms. The summed E-state index contributed by atoms with van der Waals surface area (Å²) < 4.78 is 3.33. The zero-order chi connectivity index (χ0) is 13.8. The lowest BCUT2D eigenvalue weighted by molar-refractivity contribution is -0.687. The number of nitrogens with zero attached hydrogens (tertiary/aromatic N) is 1. The van der Waals surface area contributed by atoms with Crippen molar-refractivity contribution in [2.24, 2.45) is 0 Å². The van der Waals surface area contributed by atoms with Gasteiger partial charge in [-0.05, 0) is 23.8 Å². The molecule has 21 heavy (non-hydrogen) atoms. The van der Waals surface area contributed by atoms with Crippen LogP contribution in [0.25, 0.3) is 11.1 Å². The summed E-state index contributed by atoms with van der Waals surface area (Å²) in [7, 11) is 0. The van der Waals surface area contributed by atoms with E-state index in [1.54, 1.807) is 0 Å². The Kier molecular flexibility index (Phi) is 5.54. The molecule has 0 fully saturated rings. The molecule has 0 aliphatic rings. The maximum absolute atomic E-state index is 3.47. The van der Waals surface area contributed by atoms with Crippen molar-refractivity contribution in [2.45, 2.75) is 6.54 Å². The first kappa shape index (κ1) is 15.7. The van der Waals surface area contributed by atoms with E-state index >= 15 is 0 Å². The third kappa shape index (κ3) is 4.16. The second-order valence-electron chi connectivity index (χ2n) is 4.76. The van der Waals surface area contributed by atoms with Crippen molar-refractivity contribution >= 4 is 15.9 Å². The predicted molar refractivity (Wildman–Crippen MR) is 85.3 cm³/mol. The Morgan fingerprint density at radius 3 is 2.14 bits per heavy atom. The minimum Gasteiger partial charge on any atom is -1.00 e. The summed E-state index contributed by atoms with van der Waals surface area (Å²) in [4.78, 5) is 0. The molecule has 0 saturated carbocycles. The third-order valence-corrected chi connectivity index (χ3v) is 3.77. The summed E-state index contributed by atoms with van der Waals surface area (Å²) in [5.74, 6) is 0. The van der Waals surface area contributed by atoms with Gasteiger partial charge in [0.25, 0.3) is 0 Å². The van der Waals surface area contributed by atoms with Gasteiger partial charge in [-0.2, -0.15) is 0 Å². The van der Waals surface area contributed by atoms with Crippen molar-refractivity contribution in [3.05, 3.63) is 89.2 Å². The summed E-state index contributed by atoms with van der Waals surface area (Å²) in [5, 5.41) is 0. The molecule has 0 radical (unpaired) electrons. The third-order valence-electron chi connectivity index (χ3n) is 3.24. The normalized spacial score (nSPS) is 9.95. The first-order valence-corrected chi connectivity index (χ1v) is 7.39. The summed E-state index contributed by atoms with van der Waals surface area (Å²) in [6.45, 7) is 0.883. The van der Waals surface area contributed by atoms with Crippen LogP contribution in [0.15, 0.2) is 83.6 Å². The molecule has 0 amide bonds. The summed E-state index contributed by atoms with van der Waals surface area (Å²) in [6, 6.07) is 23.2. The second kappa shape index (κ2) is 7.39. The van der Waals surface area contributed by atoms with Crippen LogP contribution in [0.5, 0.6) is 0 Å². The highest BCUT2D eigenvalue weighted by atomic mass is 79.9. The number of rotatable bonds is 3. The molecule has 3 aromatic rings. The Balaban J connectivity index is 0.00000161. The molecule has 3 rings (SSSR count). The molecule has 2 aromatic carbocycles. The topological polar surface area (TPSA) is 3.88 Å². The monoisotopic (exact) mass is 359 g/mol. The average Bonchev–Trinajstić information content (AvgIpc) is 2.51. The Labute approximate surface area is 139 Å². The smallest absolute Gasteiger partial charge is 0.176 e. The van der Waals surface area contributed by atoms with Crippen LogP contribution in [0.1, 0.15) is 5.56 Å². The molecule has 1 aromatic heterocycles. The van der Waals surface area contributed by atoms with Crippen LogP contribution >= 0.6 is 15.9 Å². The maximum atomic E-state index is 3.47. The van der Waals surface area contributed by atoms with E-state index in [9.17, 15) is 0 Å². The Bertz CT molecular complexity index is 696. The molecule has 0 N–H and O–H groups in total. The zero-order valence-corrected chi connectivity index (χ0v) is 13.8. The highest BCUT2D eigenvalue weighted by molar-refractivity contribution is 9.10. The Morgan fingerprint density at radius 1 is 0.762 bits per heavy atom. The lowest BCUT2D eigenvalue weighted by atomic mass is 10.1.